The van der Waals surface area contributed by atoms with Crippen molar-refractivity contribution in [2.24, 2.45) is 5.92 Å². The van der Waals surface area contributed by atoms with Crippen LogP contribution in [0, 0.1) is 5.92 Å². The van der Waals surface area contributed by atoms with E-state index in [1.807, 2.05) is 11.0 Å². The summed E-state index contributed by atoms with van der Waals surface area (Å²) in [6.45, 7) is 5.47. The van der Waals surface area contributed by atoms with E-state index in [1.54, 1.807) is 6.33 Å². The Hall–Kier alpha value is -0.900. The van der Waals surface area contributed by atoms with Crippen LogP contribution in [0.15, 0.2) is 12.7 Å². The van der Waals surface area contributed by atoms with E-state index in [9.17, 15) is 0 Å². The van der Waals surface area contributed by atoms with Crippen LogP contribution in [0.2, 0.25) is 0 Å². The zero-order valence-electron chi connectivity index (χ0n) is 8.85. The van der Waals surface area contributed by atoms with Crippen molar-refractivity contribution in [3.05, 3.63) is 12.7 Å². The van der Waals surface area contributed by atoms with Crippen molar-refractivity contribution < 1.29 is 0 Å². The van der Waals surface area contributed by atoms with E-state index in [2.05, 4.69) is 29.2 Å². The Bertz CT molecular complexity index is 268. The van der Waals surface area contributed by atoms with Crippen molar-refractivity contribution in [1.82, 2.24) is 20.1 Å². The van der Waals surface area contributed by atoms with Gasteiger partial charge in [0, 0.05) is 12.6 Å². The van der Waals surface area contributed by atoms with E-state index in [1.165, 1.54) is 12.8 Å². The van der Waals surface area contributed by atoms with Crippen molar-refractivity contribution in [2.45, 2.75) is 38.8 Å². The highest BCUT2D eigenvalue weighted by atomic mass is 15.3. The summed E-state index contributed by atoms with van der Waals surface area (Å²) >= 11 is 0. The Labute approximate surface area is 84.7 Å². The van der Waals surface area contributed by atoms with E-state index in [0.29, 0.717) is 12.1 Å². The van der Waals surface area contributed by atoms with Crippen LogP contribution < -0.4 is 5.32 Å². The minimum atomic E-state index is 0.573. The molecule has 1 aromatic rings. The third kappa shape index (κ3) is 1.95. The molecule has 0 amide bonds. The highest BCUT2D eigenvalue weighted by Crippen LogP contribution is 2.37. The van der Waals surface area contributed by atoms with Gasteiger partial charge in [-0.25, -0.2) is 9.67 Å². The standard InChI is InChI=1S/C10H18N4/c1-8(2)12-5-9-3-4-10(9)14-7-11-6-13-14/h6-10,12H,3-5H2,1-2H3. The summed E-state index contributed by atoms with van der Waals surface area (Å²) in [4.78, 5) is 3.99. The second kappa shape index (κ2) is 4.09. The van der Waals surface area contributed by atoms with Crippen LogP contribution >= 0.6 is 0 Å². The first kappa shape index (κ1) is 9.65. The molecular weight excluding hydrogens is 176 g/mol. The van der Waals surface area contributed by atoms with Crippen LogP contribution in [0.4, 0.5) is 0 Å². The number of nitrogens with zero attached hydrogens (tertiary/aromatic N) is 3. The molecule has 2 atom stereocenters. The maximum Gasteiger partial charge on any atom is 0.137 e. The Kier molecular flexibility index (Phi) is 2.82. The molecule has 2 rings (SSSR count). The number of rotatable bonds is 4. The molecule has 1 fully saturated rings. The van der Waals surface area contributed by atoms with Gasteiger partial charge in [0.1, 0.15) is 12.7 Å². The molecule has 2 unspecified atom stereocenters. The molecular formula is C10H18N4. The van der Waals surface area contributed by atoms with Crippen molar-refractivity contribution >= 4 is 0 Å². The van der Waals surface area contributed by atoms with Crippen LogP contribution in [0.25, 0.3) is 0 Å². The first-order valence-electron chi connectivity index (χ1n) is 5.35. The van der Waals surface area contributed by atoms with Gasteiger partial charge in [0.05, 0.1) is 6.04 Å². The van der Waals surface area contributed by atoms with E-state index in [0.717, 1.165) is 12.5 Å². The summed E-state index contributed by atoms with van der Waals surface area (Å²) in [5.74, 6) is 0.735. The fourth-order valence-electron chi connectivity index (χ4n) is 1.91. The predicted octanol–water partition coefficient (Wildman–Crippen LogP) is 1.23. The molecule has 78 valence electrons. The summed E-state index contributed by atoms with van der Waals surface area (Å²) < 4.78 is 2.00. The van der Waals surface area contributed by atoms with Crippen LogP contribution in [-0.4, -0.2) is 27.4 Å². The third-order valence-corrected chi connectivity index (χ3v) is 2.94. The normalized spacial score (nSPS) is 26.5. The zero-order valence-corrected chi connectivity index (χ0v) is 8.85. The van der Waals surface area contributed by atoms with E-state index in [-0.39, 0.29) is 0 Å². The lowest BCUT2D eigenvalue weighted by Gasteiger charge is -2.36. The van der Waals surface area contributed by atoms with Gasteiger partial charge in [-0.05, 0) is 18.8 Å². The Morgan fingerprint density at radius 3 is 2.86 bits per heavy atom. The largest absolute Gasteiger partial charge is 0.314 e. The Morgan fingerprint density at radius 2 is 2.36 bits per heavy atom. The highest BCUT2D eigenvalue weighted by Gasteiger charge is 2.32. The molecule has 0 aromatic carbocycles. The maximum absolute atomic E-state index is 4.19. The molecule has 1 aliphatic rings. The molecule has 0 aliphatic heterocycles. The minimum absolute atomic E-state index is 0.573. The van der Waals surface area contributed by atoms with Crippen LogP contribution in [0.5, 0.6) is 0 Å². The average Bonchev–Trinajstić information content (AvgIpc) is 2.54. The summed E-state index contributed by atoms with van der Waals surface area (Å²) in [7, 11) is 0. The van der Waals surface area contributed by atoms with Crippen molar-refractivity contribution in [2.75, 3.05) is 6.54 Å². The molecule has 4 heteroatoms. The van der Waals surface area contributed by atoms with Gasteiger partial charge in [-0.3, -0.25) is 0 Å². The molecule has 0 saturated heterocycles. The van der Waals surface area contributed by atoms with Crippen LogP contribution in [0.3, 0.4) is 0 Å². The second-order valence-corrected chi connectivity index (χ2v) is 4.34. The zero-order chi connectivity index (χ0) is 9.97. The molecule has 1 N–H and O–H groups in total. The number of hydrogen-bond donors (Lipinski definition) is 1. The van der Waals surface area contributed by atoms with Crippen LogP contribution in [-0.2, 0) is 0 Å². The van der Waals surface area contributed by atoms with Gasteiger partial charge in [0.2, 0.25) is 0 Å². The number of hydrogen-bond acceptors (Lipinski definition) is 3. The summed E-state index contributed by atoms with van der Waals surface area (Å²) in [5, 5.41) is 7.67. The summed E-state index contributed by atoms with van der Waals surface area (Å²) in [6.07, 6.45) is 6.00. The highest BCUT2D eigenvalue weighted by molar-refractivity contribution is 4.86. The lowest BCUT2D eigenvalue weighted by molar-refractivity contribution is 0.160. The summed E-state index contributed by atoms with van der Waals surface area (Å²) in [6, 6.07) is 1.15. The van der Waals surface area contributed by atoms with Gasteiger partial charge in [0.25, 0.3) is 0 Å². The van der Waals surface area contributed by atoms with Gasteiger partial charge < -0.3 is 5.32 Å². The van der Waals surface area contributed by atoms with Crippen molar-refractivity contribution in [3.63, 3.8) is 0 Å². The fraction of sp³-hybridized carbons (Fsp3) is 0.800. The molecule has 0 spiro atoms. The summed E-state index contributed by atoms with van der Waals surface area (Å²) in [5.41, 5.74) is 0. The minimum Gasteiger partial charge on any atom is -0.314 e. The van der Waals surface area contributed by atoms with E-state index < -0.39 is 0 Å². The molecule has 1 heterocycles. The average molecular weight is 194 g/mol. The van der Waals surface area contributed by atoms with Gasteiger partial charge in [-0.1, -0.05) is 13.8 Å². The molecule has 0 bridgehead atoms. The lowest BCUT2D eigenvalue weighted by atomic mass is 9.79. The molecule has 1 aliphatic carbocycles. The third-order valence-electron chi connectivity index (χ3n) is 2.94. The number of nitrogens with one attached hydrogen (secondary N) is 1. The van der Waals surface area contributed by atoms with E-state index in [4.69, 9.17) is 0 Å². The fourth-order valence-corrected chi connectivity index (χ4v) is 1.91. The second-order valence-electron chi connectivity index (χ2n) is 4.34. The monoisotopic (exact) mass is 194 g/mol. The smallest absolute Gasteiger partial charge is 0.137 e. The maximum atomic E-state index is 4.19. The lowest BCUT2D eigenvalue weighted by Crippen LogP contribution is -2.39. The van der Waals surface area contributed by atoms with E-state index >= 15 is 0 Å². The van der Waals surface area contributed by atoms with Gasteiger partial charge in [0.15, 0.2) is 0 Å². The van der Waals surface area contributed by atoms with Gasteiger partial charge in [-0.15, -0.1) is 0 Å². The number of aromatic nitrogens is 3. The molecule has 1 saturated carbocycles. The van der Waals surface area contributed by atoms with Crippen molar-refractivity contribution in [1.29, 1.82) is 0 Å². The SMILES string of the molecule is CC(C)NCC1CCC1n1cncn1. The Morgan fingerprint density at radius 1 is 1.50 bits per heavy atom. The molecule has 1 aromatic heterocycles. The van der Waals surface area contributed by atoms with Gasteiger partial charge >= 0.3 is 0 Å². The van der Waals surface area contributed by atoms with Gasteiger partial charge in [-0.2, -0.15) is 5.10 Å². The topological polar surface area (TPSA) is 42.7 Å². The molecule has 0 radical (unpaired) electrons. The quantitative estimate of drug-likeness (QED) is 0.784. The first-order valence-corrected chi connectivity index (χ1v) is 5.35. The molecule has 14 heavy (non-hydrogen) atoms. The van der Waals surface area contributed by atoms with Crippen molar-refractivity contribution in [3.8, 4) is 0 Å². The molecule has 4 nitrogen and oxygen atoms in total. The first-order chi connectivity index (χ1) is 6.77. The predicted molar refractivity (Wildman–Crippen MR) is 54.9 cm³/mol. The Balaban J connectivity index is 1.84. The van der Waals surface area contributed by atoms with Crippen LogP contribution in [0.1, 0.15) is 32.7 Å².